The van der Waals surface area contributed by atoms with Crippen LogP contribution in [0.1, 0.15) is 101 Å². The zero-order valence-electron chi connectivity index (χ0n) is 26.7. The predicted molar refractivity (Wildman–Crippen MR) is 157 cm³/mol. The maximum absolute atomic E-state index is 13.0. The van der Waals surface area contributed by atoms with E-state index in [-0.39, 0.29) is 55.9 Å². The van der Waals surface area contributed by atoms with Crippen molar-refractivity contribution in [3.8, 4) is 0 Å². The molecular formula is C31H50O8Si. The molecule has 0 rings (SSSR count). The number of ketones is 7. The third-order valence-corrected chi connectivity index (χ3v) is 8.79. The van der Waals surface area contributed by atoms with E-state index in [0.717, 1.165) is 0 Å². The van der Waals surface area contributed by atoms with Crippen LogP contribution in [0.25, 0.3) is 0 Å². The van der Waals surface area contributed by atoms with E-state index in [0.29, 0.717) is 5.76 Å². The SMILES string of the molecule is C=C(O[Si](C)(C)C)C(C)(C)C(=O)CCC(=O)C(C)(C)C(=O)CCC(=O)C(C)(C)C(=O)CCC(=O)C(C)(C)C(C)=O. The summed E-state index contributed by atoms with van der Waals surface area (Å²) in [7, 11) is -1.97. The minimum absolute atomic E-state index is 0.0732. The smallest absolute Gasteiger partial charge is 0.241 e. The van der Waals surface area contributed by atoms with Crippen molar-refractivity contribution < 1.29 is 38.0 Å². The molecule has 0 N–H and O–H groups in total. The summed E-state index contributed by atoms with van der Waals surface area (Å²) in [5.41, 5.74) is -5.01. The predicted octanol–water partition coefficient (Wildman–Crippen LogP) is 5.80. The van der Waals surface area contributed by atoms with Gasteiger partial charge in [-0.05, 0) is 82.0 Å². The first kappa shape index (κ1) is 37.4. The van der Waals surface area contributed by atoms with E-state index in [1.165, 1.54) is 48.5 Å². The van der Waals surface area contributed by atoms with Gasteiger partial charge in [0.2, 0.25) is 8.32 Å². The average molecular weight is 579 g/mol. The van der Waals surface area contributed by atoms with Crippen molar-refractivity contribution in [1.29, 1.82) is 0 Å². The van der Waals surface area contributed by atoms with Gasteiger partial charge in [0, 0.05) is 38.5 Å². The number of carbonyl (C=O) groups excluding carboxylic acids is 7. The van der Waals surface area contributed by atoms with Gasteiger partial charge in [0.15, 0.2) is 0 Å². The summed E-state index contributed by atoms with van der Waals surface area (Å²) in [5.74, 6) is -2.31. The van der Waals surface area contributed by atoms with Crippen LogP contribution in [0.5, 0.6) is 0 Å². The minimum atomic E-state index is -1.97. The summed E-state index contributed by atoms with van der Waals surface area (Å²) >= 11 is 0. The Hall–Kier alpha value is -2.55. The van der Waals surface area contributed by atoms with E-state index in [4.69, 9.17) is 4.43 Å². The maximum Gasteiger partial charge on any atom is 0.241 e. The molecule has 0 aliphatic heterocycles. The molecule has 0 aromatic carbocycles. The Kier molecular flexibility index (Phi) is 12.6. The molecule has 0 amide bonds. The van der Waals surface area contributed by atoms with Crippen molar-refractivity contribution >= 4 is 48.8 Å². The highest BCUT2D eigenvalue weighted by molar-refractivity contribution is 6.70. The van der Waals surface area contributed by atoms with E-state index in [2.05, 4.69) is 6.58 Å². The van der Waals surface area contributed by atoms with Crippen molar-refractivity contribution in [2.24, 2.45) is 21.7 Å². The average Bonchev–Trinajstić information content (AvgIpc) is 2.81. The molecule has 0 aliphatic carbocycles. The number of hydrogen-bond donors (Lipinski definition) is 0. The fourth-order valence-corrected chi connectivity index (χ4v) is 4.71. The van der Waals surface area contributed by atoms with Crippen LogP contribution in [0.2, 0.25) is 19.6 Å². The number of allylic oxidation sites excluding steroid dienone is 1. The molecule has 226 valence electrons. The summed E-state index contributed by atoms with van der Waals surface area (Å²) in [5, 5.41) is 0. The minimum Gasteiger partial charge on any atom is -0.547 e. The zero-order chi connectivity index (χ0) is 32.1. The first-order chi connectivity index (χ1) is 17.7. The van der Waals surface area contributed by atoms with Crippen molar-refractivity contribution in [2.75, 3.05) is 0 Å². The number of rotatable bonds is 19. The molecule has 0 saturated carbocycles. The molecule has 0 aromatic heterocycles. The number of Topliss-reactive ketones (excluding diaryl/α,β-unsaturated/α-hetero) is 7. The van der Waals surface area contributed by atoms with Gasteiger partial charge in [-0.15, -0.1) is 0 Å². The van der Waals surface area contributed by atoms with Gasteiger partial charge < -0.3 is 4.43 Å². The molecule has 0 bridgehead atoms. The van der Waals surface area contributed by atoms with Crippen LogP contribution in [0.4, 0.5) is 0 Å². The van der Waals surface area contributed by atoms with Crippen LogP contribution in [-0.2, 0) is 38.0 Å². The summed E-state index contributed by atoms with van der Waals surface area (Å²) in [6, 6.07) is 0. The second kappa shape index (κ2) is 13.4. The van der Waals surface area contributed by atoms with Crippen molar-refractivity contribution in [3.63, 3.8) is 0 Å². The van der Waals surface area contributed by atoms with Crippen LogP contribution in [0.3, 0.4) is 0 Å². The van der Waals surface area contributed by atoms with Gasteiger partial charge in [-0.25, -0.2) is 0 Å². The summed E-state index contributed by atoms with van der Waals surface area (Å²) < 4.78 is 5.88. The molecule has 9 heteroatoms. The van der Waals surface area contributed by atoms with Gasteiger partial charge >= 0.3 is 0 Å². The molecule has 0 aliphatic rings. The zero-order valence-corrected chi connectivity index (χ0v) is 27.7. The maximum atomic E-state index is 13.0. The molecule has 0 saturated heterocycles. The Labute approximate surface area is 241 Å². The van der Waals surface area contributed by atoms with E-state index in [9.17, 15) is 33.6 Å². The van der Waals surface area contributed by atoms with Crippen LogP contribution in [0.15, 0.2) is 12.3 Å². The first-order valence-electron chi connectivity index (χ1n) is 13.8. The standard InChI is InChI=1S/C31H50O8Si/c1-20(32)28(3,4)22(33)14-16-24(35)30(7,8)26(37)18-19-27(38)31(9,10)25(36)17-15-23(34)29(5,6)21(2)39-40(11,12)13/h2,14-19H2,1,3-13H3. The Morgan fingerprint density at radius 1 is 0.500 bits per heavy atom. The lowest BCUT2D eigenvalue weighted by Crippen LogP contribution is -2.38. The molecule has 0 aromatic rings. The summed E-state index contributed by atoms with van der Waals surface area (Å²) in [4.78, 5) is 88.5. The topological polar surface area (TPSA) is 129 Å². The highest BCUT2D eigenvalue weighted by atomic mass is 28.4. The quantitative estimate of drug-likeness (QED) is 0.107. The lowest BCUT2D eigenvalue weighted by atomic mass is 9.75. The first-order valence-corrected chi connectivity index (χ1v) is 17.2. The fourth-order valence-electron chi connectivity index (χ4n) is 3.72. The third kappa shape index (κ3) is 9.82. The van der Waals surface area contributed by atoms with E-state index in [1.54, 1.807) is 13.8 Å². The Bertz CT molecular complexity index is 1070. The Morgan fingerprint density at radius 3 is 0.950 bits per heavy atom. The lowest BCUT2D eigenvalue weighted by molar-refractivity contribution is -0.144. The molecule has 0 spiro atoms. The number of hydrogen-bond acceptors (Lipinski definition) is 8. The fraction of sp³-hybridized carbons (Fsp3) is 0.710. The highest BCUT2D eigenvalue weighted by Crippen LogP contribution is 2.33. The van der Waals surface area contributed by atoms with E-state index in [1.807, 2.05) is 19.6 Å². The largest absolute Gasteiger partial charge is 0.547 e. The molecule has 8 nitrogen and oxygen atoms in total. The Morgan fingerprint density at radius 2 is 0.725 bits per heavy atom. The second-order valence-corrected chi connectivity index (χ2v) is 18.2. The normalized spacial score (nSPS) is 12.9. The van der Waals surface area contributed by atoms with Crippen LogP contribution < -0.4 is 0 Å². The summed E-state index contributed by atoms with van der Waals surface area (Å²) in [6.07, 6.45) is -1.02. The van der Waals surface area contributed by atoms with Crippen LogP contribution in [0, 0.1) is 21.7 Å². The van der Waals surface area contributed by atoms with Gasteiger partial charge in [0.05, 0.1) is 27.4 Å². The molecule has 40 heavy (non-hydrogen) atoms. The monoisotopic (exact) mass is 578 g/mol. The molecule has 0 heterocycles. The van der Waals surface area contributed by atoms with Crippen molar-refractivity contribution in [1.82, 2.24) is 0 Å². The second-order valence-electron chi connectivity index (χ2n) is 13.7. The van der Waals surface area contributed by atoms with Gasteiger partial charge in [0.25, 0.3) is 0 Å². The van der Waals surface area contributed by atoms with Crippen LogP contribution >= 0.6 is 0 Å². The molecule has 0 unspecified atom stereocenters. The van der Waals surface area contributed by atoms with Crippen molar-refractivity contribution in [2.45, 2.75) is 120 Å². The van der Waals surface area contributed by atoms with Gasteiger partial charge in [-0.3, -0.25) is 33.6 Å². The molecule has 0 atom stereocenters. The number of carbonyl (C=O) groups is 7. The van der Waals surface area contributed by atoms with Gasteiger partial charge in [-0.1, -0.05) is 6.58 Å². The van der Waals surface area contributed by atoms with E-state index < -0.39 is 53.1 Å². The third-order valence-electron chi connectivity index (χ3n) is 7.93. The van der Waals surface area contributed by atoms with Gasteiger partial charge in [0.1, 0.15) is 40.5 Å². The lowest BCUT2D eigenvalue weighted by Gasteiger charge is -2.31. The van der Waals surface area contributed by atoms with E-state index >= 15 is 0 Å². The Balaban J connectivity index is 5.12. The van der Waals surface area contributed by atoms with Crippen LogP contribution in [-0.4, -0.2) is 48.8 Å². The molecular weight excluding hydrogens is 528 g/mol. The van der Waals surface area contributed by atoms with Gasteiger partial charge in [-0.2, -0.15) is 0 Å². The molecule has 0 radical (unpaired) electrons. The summed E-state index contributed by atoms with van der Waals surface area (Å²) in [6.45, 7) is 23.4. The highest BCUT2D eigenvalue weighted by Gasteiger charge is 2.41. The molecule has 0 fully saturated rings. The van der Waals surface area contributed by atoms with Crippen molar-refractivity contribution in [3.05, 3.63) is 12.3 Å².